The van der Waals surface area contributed by atoms with E-state index < -0.39 is 17.1 Å². The number of aromatic nitrogens is 4. The molecule has 0 fully saturated rings. The summed E-state index contributed by atoms with van der Waals surface area (Å²) in [6, 6.07) is 5.58. The fourth-order valence-corrected chi connectivity index (χ4v) is 2.58. The number of rotatable bonds is 4. The van der Waals surface area contributed by atoms with Gasteiger partial charge in [0, 0.05) is 32.7 Å². The lowest BCUT2D eigenvalue weighted by molar-refractivity contribution is -0.116. The SMILES string of the molecule is Cn1c(=O)c2c(ncn2CCC(=O)Nc2cccc(F)c2)n(C)c1=O. The van der Waals surface area contributed by atoms with Crippen LogP contribution in [0.4, 0.5) is 10.1 Å². The molecule has 0 spiro atoms. The molecular weight excluding hydrogens is 329 g/mol. The first-order chi connectivity index (χ1) is 11.9. The normalized spacial score (nSPS) is 11.0. The highest BCUT2D eigenvalue weighted by molar-refractivity contribution is 5.90. The number of imidazole rings is 1. The minimum absolute atomic E-state index is 0.0635. The molecule has 130 valence electrons. The van der Waals surface area contributed by atoms with Crippen molar-refractivity contribution in [2.45, 2.75) is 13.0 Å². The number of hydrogen-bond donors (Lipinski definition) is 1. The molecule has 0 saturated heterocycles. The maximum Gasteiger partial charge on any atom is 0.332 e. The summed E-state index contributed by atoms with van der Waals surface area (Å²) in [4.78, 5) is 40.3. The Balaban J connectivity index is 1.81. The van der Waals surface area contributed by atoms with Crippen LogP contribution >= 0.6 is 0 Å². The number of carbonyl (C=O) groups is 1. The van der Waals surface area contributed by atoms with E-state index in [9.17, 15) is 18.8 Å². The van der Waals surface area contributed by atoms with Gasteiger partial charge in [0.1, 0.15) is 5.82 Å². The summed E-state index contributed by atoms with van der Waals surface area (Å²) in [5.41, 5.74) is -0.0617. The van der Waals surface area contributed by atoms with E-state index in [1.807, 2.05) is 0 Å². The number of amides is 1. The van der Waals surface area contributed by atoms with Gasteiger partial charge >= 0.3 is 5.69 Å². The lowest BCUT2D eigenvalue weighted by Crippen LogP contribution is -2.37. The standard InChI is InChI=1S/C16H16FN5O3/c1-20-14-13(15(24)21(2)16(20)25)22(9-18-14)7-6-12(23)19-11-5-3-4-10(17)8-11/h3-5,8-9H,6-7H2,1-2H3,(H,19,23). The fraction of sp³-hybridized carbons (Fsp3) is 0.250. The van der Waals surface area contributed by atoms with Crippen molar-refractivity contribution in [2.24, 2.45) is 14.1 Å². The van der Waals surface area contributed by atoms with Crippen molar-refractivity contribution in [1.29, 1.82) is 0 Å². The molecule has 1 aromatic carbocycles. The minimum Gasteiger partial charge on any atom is -0.326 e. The Morgan fingerprint density at radius 3 is 2.72 bits per heavy atom. The van der Waals surface area contributed by atoms with Crippen LogP contribution in [0, 0.1) is 5.82 Å². The third kappa shape index (κ3) is 3.08. The molecule has 2 heterocycles. The summed E-state index contributed by atoms with van der Waals surface area (Å²) in [5.74, 6) is -0.767. The van der Waals surface area contributed by atoms with E-state index in [0.717, 1.165) is 4.57 Å². The highest BCUT2D eigenvalue weighted by atomic mass is 19.1. The summed E-state index contributed by atoms with van der Waals surface area (Å²) in [7, 11) is 2.91. The summed E-state index contributed by atoms with van der Waals surface area (Å²) < 4.78 is 16.9. The quantitative estimate of drug-likeness (QED) is 0.750. The lowest BCUT2D eigenvalue weighted by Gasteiger charge is -2.08. The molecule has 0 saturated carbocycles. The Morgan fingerprint density at radius 1 is 1.24 bits per heavy atom. The Labute approximate surface area is 141 Å². The number of aryl methyl sites for hydroxylation is 2. The molecule has 9 heteroatoms. The number of nitrogens with zero attached hydrogens (tertiary/aromatic N) is 4. The maximum absolute atomic E-state index is 13.1. The first kappa shape index (κ1) is 16.6. The van der Waals surface area contributed by atoms with E-state index in [-0.39, 0.29) is 30.0 Å². The number of carbonyl (C=O) groups excluding carboxylic acids is 1. The Bertz CT molecular complexity index is 1080. The number of hydrogen-bond acceptors (Lipinski definition) is 4. The monoisotopic (exact) mass is 345 g/mol. The molecule has 1 amide bonds. The molecule has 2 aromatic heterocycles. The lowest BCUT2D eigenvalue weighted by atomic mass is 10.3. The van der Waals surface area contributed by atoms with Crippen molar-refractivity contribution in [3.05, 3.63) is 57.2 Å². The predicted octanol–water partition coefficient (Wildman–Crippen LogP) is 0.602. The van der Waals surface area contributed by atoms with Crippen LogP contribution in [0.15, 0.2) is 40.2 Å². The Morgan fingerprint density at radius 2 is 2.00 bits per heavy atom. The van der Waals surface area contributed by atoms with E-state index >= 15 is 0 Å². The van der Waals surface area contributed by atoms with Gasteiger partial charge in [0.2, 0.25) is 5.91 Å². The second-order valence-electron chi connectivity index (χ2n) is 5.62. The second kappa shape index (κ2) is 6.34. The smallest absolute Gasteiger partial charge is 0.326 e. The predicted molar refractivity (Wildman–Crippen MR) is 89.9 cm³/mol. The van der Waals surface area contributed by atoms with Crippen LogP contribution in [0.2, 0.25) is 0 Å². The number of fused-ring (bicyclic) bond motifs is 1. The van der Waals surface area contributed by atoms with Crippen LogP contribution < -0.4 is 16.6 Å². The van der Waals surface area contributed by atoms with Crippen molar-refractivity contribution in [1.82, 2.24) is 18.7 Å². The molecule has 0 radical (unpaired) electrons. The van der Waals surface area contributed by atoms with E-state index in [2.05, 4.69) is 10.3 Å². The Kier molecular flexibility index (Phi) is 4.22. The topological polar surface area (TPSA) is 90.9 Å². The zero-order chi connectivity index (χ0) is 18.1. The van der Waals surface area contributed by atoms with Crippen molar-refractivity contribution in [3.8, 4) is 0 Å². The van der Waals surface area contributed by atoms with Gasteiger partial charge in [-0.3, -0.25) is 18.7 Å². The van der Waals surface area contributed by atoms with Crippen LogP contribution in [0.3, 0.4) is 0 Å². The van der Waals surface area contributed by atoms with Crippen molar-refractivity contribution >= 4 is 22.8 Å². The third-order valence-corrected chi connectivity index (χ3v) is 3.91. The fourth-order valence-electron chi connectivity index (χ4n) is 2.58. The molecule has 8 nitrogen and oxygen atoms in total. The van der Waals surface area contributed by atoms with E-state index in [1.165, 1.54) is 47.8 Å². The molecule has 0 unspecified atom stereocenters. The van der Waals surface area contributed by atoms with Crippen LogP contribution in [0.1, 0.15) is 6.42 Å². The van der Waals surface area contributed by atoms with Crippen LogP contribution in [-0.4, -0.2) is 24.6 Å². The molecule has 0 aliphatic carbocycles. The highest BCUT2D eigenvalue weighted by Gasteiger charge is 2.14. The van der Waals surface area contributed by atoms with Gasteiger partial charge in [-0.1, -0.05) is 6.07 Å². The van der Waals surface area contributed by atoms with Crippen molar-refractivity contribution in [3.63, 3.8) is 0 Å². The zero-order valence-corrected chi connectivity index (χ0v) is 13.7. The van der Waals surface area contributed by atoms with Gasteiger partial charge in [-0.25, -0.2) is 14.2 Å². The summed E-state index contributed by atoms with van der Waals surface area (Å²) >= 11 is 0. The minimum atomic E-state index is -0.471. The van der Waals surface area contributed by atoms with E-state index in [4.69, 9.17) is 0 Å². The molecule has 3 aromatic rings. The first-order valence-corrected chi connectivity index (χ1v) is 7.54. The number of halogens is 1. The summed E-state index contributed by atoms with van der Waals surface area (Å²) in [5, 5.41) is 2.59. The number of anilines is 1. The molecule has 0 aliphatic rings. The molecule has 3 rings (SSSR count). The van der Waals surface area contributed by atoms with Gasteiger partial charge in [0.15, 0.2) is 11.2 Å². The van der Waals surface area contributed by atoms with Gasteiger partial charge in [0.05, 0.1) is 6.33 Å². The molecule has 25 heavy (non-hydrogen) atoms. The third-order valence-electron chi connectivity index (χ3n) is 3.91. The van der Waals surface area contributed by atoms with Gasteiger partial charge in [-0.05, 0) is 18.2 Å². The number of nitrogens with one attached hydrogen (secondary N) is 1. The Hall–Kier alpha value is -3.23. The average molecular weight is 345 g/mol. The van der Waals surface area contributed by atoms with E-state index in [0.29, 0.717) is 5.69 Å². The van der Waals surface area contributed by atoms with Gasteiger partial charge in [-0.2, -0.15) is 0 Å². The van der Waals surface area contributed by atoms with Crippen molar-refractivity contribution in [2.75, 3.05) is 5.32 Å². The summed E-state index contributed by atoms with van der Waals surface area (Å²) in [6.45, 7) is 0.199. The zero-order valence-electron chi connectivity index (χ0n) is 13.7. The van der Waals surface area contributed by atoms with Crippen LogP contribution in [0.25, 0.3) is 11.2 Å². The van der Waals surface area contributed by atoms with Crippen molar-refractivity contribution < 1.29 is 9.18 Å². The largest absolute Gasteiger partial charge is 0.332 e. The summed E-state index contributed by atoms with van der Waals surface area (Å²) in [6.07, 6.45) is 1.48. The van der Waals surface area contributed by atoms with Crippen LogP contribution in [0.5, 0.6) is 0 Å². The average Bonchev–Trinajstić information content (AvgIpc) is 3.00. The van der Waals surface area contributed by atoms with Gasteiger partial charge < -0.3 is 9.88 Å². The molecule has 0 atom stereocenters. The molecule has 1 N–H and O–H groups in total. The van der Waals surface area contributed by atoms with Gasteiger partial charge in [0.25, 0.3) is 5.56 Å². The molecule has 0 aliphatic heterocycles. The van der Waals surface area contributed by atoms with E-state index in [1.54, 1.807) is 6.07 Å². The molecule has 0 bridgehead atoms. The highest BCUT2D eigenvalue weighted by Crippen LogP contribution is 2.10. The van der Waals surface area contributed by atoms with Crippen LogP contribution in [-0.2, 0) is 25.4 Å². The molecular formula is C16H16FN5O3. The number of benzene rings is 1. The second-order valence-corrected chi connectivity index (χ2v) is 5.62. The first-order valence-electron chi connectivity index (χ1n) is 7.54. The maximum atomic E-state index is 13.1. The van der Waals surface area contributed by atoms with Gasteiger partial charge in [-0.15, -0.1) is 0 Å².